The van der Waals surface area contributed by atoms with E-state index in [2.05, 4.69) is 40.5 Å². The van der Waals surface area contributed by atoms with Gasteiger partial charge in [-0.2, -0.15) is 0 Å². The Morgan fingerprint density at radius 3 is 2.00 bits per heavy atom. The molecule has 0 aliphatic carbocycles. The number of carbonyl (C=O) groups is 1. The number of aromatic nitrogens is 1. The quantitative estimate of drug-likeness (QED) is 0.407. The summed E-state index contributed by atoms with van der Waals surface area (Å²) in [4.78, 5) is 11.8. The maximum absolute atomic E-state index is 11.8. The lowest BCUT2D eigenvalue weighted by molar-refractivity contribution is -0.697. The minimum Gasteiger partial charge on any atom is -0.352 e. The summed E-state index contributed by atoms with van der Waals surface area (Å²) in [6.45, 7) is 1.76. The van der Waals surface area contributed by atoms with E-state index in [0.717, 1.165) is 18.5 Å². The van der Waals surface area contributed by atoms with Crippen LogP contribution in [0.1, 0.15) is 63.4 Å². The van der Waals surface area contributed by atoms with Crippen LogP contribution in [0.3, 0.4) is 0 Å². The van der Waals surface area contributed by atoms with E-state index in [9.17, 15) is 4.79 Å². The summed E-state index contributed by atoms with van der Waals surface area (Å²) in [7, 11) is 0. The normalized spacial score (nSPS) is 10.6. The first-order chi connectivity index (χ1) is 12.8. The van der Waals surface area contributed by atoms with Gasteiger partial charge >= 0.3 is 0 Å². The van der Waals surface area contributed by atoms with Gasteiger partial charge in [0.25, 0.3) is 0 Å². The van der Waals surface area contributed by atoms with Crippen LogP contribution >= 0.6 is 0 Å². The molecule has 0 spiro atoms. The summed E-state index contributed by atoms with van der Waals surface area (Å²) in [5, 5.41) is 3.00. The molecule has 2 rings (SSSR count). The Morgan fingerprint density at radius 1 is 0.731 bits per heavy atom. The number of benzene rings is 1. The monoisotopic (exact) mass is 353 g/mol. The summed E-state index contributed by atoms with van der Waals surface area (Å²) in [5.41, 5.74) is 1.16. The van der Waals surface area contributed by atoms with Gasteiger partial charge in [-0.15, -0.1) is 0 Å². The maximum atomic E-state index is 11.8. The number of carbonyl (C=O) groups excluding carboxylic acids is 1. The van der Waals surface area contributed by atoms with Crippen molar-refractivity contribution < 1.29 is 9.36 Å². The molecule has 0 aliphatic heterocycles. The summed E-state index contributed by atoms with van der Waals surface area (Å²) < 4.78 is 2.25. The molecule has 0 saturated heterocycles. The van der Waals surface area contributed by atoms with Gasteiger partial charge in [-0.25, -0.2) is 4.57 Å². The molecule has 0 aliphatic rings. The lowest BCUT2D eigenvalue weighted by atomic mass is 10.1. The zero-order chi connectivity index (χ0) is 18.3. The van der Waals surface area contributed by atoms with Gasteiger partial charge in [-0.1, -0.05) is 68.5 Å². The zero-order valence-electron chi connectivity index (χ0n) is 15.9. The van der Waals surface area contributed by atoms with Crippen LogP contribution in [0.25, 0.3) is 0 Å². The highest BCUT2D eigenvalue weighted by molar-refractivity contribution is 5.75. The van der Waals surface area contributed by atoms with Crippen LogP contribution in [0.5, 0.6) is 0 Å². The van der Waals surface area contributed by atoms with Gasteiger partial charge < -0.3 is 5.32 Å². The third kappa shape index (κ3) is 9.36. The van der Waals surface area contributed by atoms with E-state index in [1.165, 1.54) is 44.9 Å². The van der Waals surface area contributed by atoms with E-state index in [1.807, 2.05) is 30.3 Å². The van der Waals surface area contributed by atoms with Gasteiger partial charge in [-0.3, -0.25) is 4.79 Å². The van der Waals surface area contributed by atoms with Crippen molar-refractivity contribution in [2.24, 2.45) is 0 Å². The number of pyridine rings is 1. The molecule has 1 aromatic carbocycles. The van der Waals surface area contributed by atoms with Gasteiger partial charge in [0.05, 0.1) is 0 Å². The predicted octanol–water partition coefficient (Wildman–Crippen LogP) is 4.80. The van der Waals surface area contributed by atoms with Crippen molar-refractivity contribution in [2.75, 3.05) is 0 Å². The van der Waals surface area contributed by atoms with Crippen LogP contribution in [0.15, 0.2) is 60.9 Å². The highest BCUT2D eigenvalue weighted by atomic mass is 16.1. The molecule has 0 fully saturated rings. The molecular formula is C23H33N2O+. The second kappa shape index (κ2) is 13.1. The van der Waals surface area contributed by atoms with Gasteiger partial charge in [0, 0.05) is 31.5 Å². The lowest BCUT2D eigenvalue weighted by Crippen LogP contribution is -2.32. The van der Waals surface area contributed by atoms with Crippen LogP contribution in [0.4, 0.5) is 0 Å². The fourth-order valence-electron chi connectivity index (χ4n) is 3.11. The Morgan fingerprint density at radius 2 is 1.31 bits per heavy atom. The second-order valence-electron chi connectivity index (χ2n) is 6.95. The number of nitrogens with zero attached hydrogens (tertiary/aromatic N) is 1. The molecule has 26 heavy (non-hydrogen) atoms. The van der Waals surface area contributed by atoms with Crippen molar-refractivity contribution in [3.8, 4) is 0 Å². The molecule has 1 aromatic heterocycles. The molecular weight excluding hydrogens is 320 g/mol. The van der Waals surface area contributed by atoms with Gasteiger partial charge in [0.15, 0.2) is 12.4 Å². The molecule has 0 saturated carbocycles. The van der Waals surface area contributed by atoms with E-state index in [4.69, 9.17) is 0 Å². The van der Waals surface area contributed by atoms with Crippen LogP contribution in [-0.4, -0.2) is 5.91 Å². The second-order valence-corrected chi connectivity index (χ2v) is 6.95. The molecule has 0 unspecified atom stereocenters. The molecule has 1 amide bonds. The van der Waals surface area contributed by atoms with Gasteiger partial charge in [0.1, 0.15) is 6.54 Å². The third-order valence-electron chi connectivity index (χ3n) is 4.68. The number of unbranched alkanes of at least 4 members (excludes halogenated alkanes) is 7. The summed E-state index contributed by atoms with van der Waals surface area (Å²) in [6.07, 6.45) is 14.9. The van der Waals surface area contributed by atoms with E-state index >= 15 is 0 Å². The summed E-state index contributed by atoms with van der Waals surface area (Å²) >= 11 is 0. The minimum atomic E-state index is 0.173. The number of rotatable bonds is 13. The molecule has 2 aromatic rings. The van der Waals surface area contributed by atoms with E-state index in [0.29, 0.717) is 13.0 Å². The van der Waals surface area contributed by atoms with Crippen molar-refractivity contribution in [2.45, 2.75) is 70.9 Å². The zero-order valence-corrected chi connectivity index (χ0v) is 15.9. The number of hydrogen-bond donors (Lipinski definition) is 1. The molecule has 3 heteroatoms. The smallest absolute Gasteiger partial charge is 0.220 e. The molecule has 1 heterocycles. The maximum Gasteiger partial charge on any atom is 0.220 e. The van der Waals surface area contributed by atoms with Crippen LogP contribution in [0.2, 0.25) is 0 Å². The molecule has 0 radical (unpaired) electrons. The van der Waals surface area contributed by atoms with Crippen molar-refractivity contribution >= 4 is 5.91 Å². The van der Waals surface area contributed by atoms with Crippen LogP contribution < -0.4 is 9.88 Å². The Hall–Kier alpha value is -2.16. The third-order valence-corrected chi connectivity index (χ3v) is 4.68. The fraction of sp³-hybridized carbons (Fsp3) is 0.478. The fourth-order valence-corrected chi connectivity index (χ4v) is 3.11. The topological polar surface area (TPSA) is 33.0 Å². The van der Waals surface area contributed by atoms with Crippen molar-refractivity contribution in [1.82, 2.24) is 5.32 Å². The summed E-state index contributed by atoms with van der Waals surface area (Å²) in [5.74, 6) is 0.173. The Kier molecular flexibility index (Phi) is 10.2. The van der Waals surface area contributed by atoms with Crippen molar-refractivity contribution in [3.63, 3.8) is 0 Å². The number of aryl methyl sites for hydroxylation is 1. The predicted molar refractivity (Wildman–Crippen MR) is 106 cm³/mol. The number of amides is 1. The van der Waals surface area contributed by atoms with Crippen molar-refractivity contribution in [1.29, 1.82) is 0 Å². The standard InChI is InChI=1S/C23H32N2O/c26-23(24-21-22-15-9-7-10-16-22)17-11-5-3-1-2-4-6-12-18-25-19-13-8-14-20-25/h7-10,13-16,19-20H,1-6,11-12,17-18,21H2/p+1. The minimum absolute atomic E-state index is 0.173. The van der Waals surface area contributed by atoms with Crippen molar-refractivity contribution in [3.05, 3.63) is 66.5 Å². The van der Waals surface area contributed by atoms with E-state index < -0.39 is 0 Å². The van der Waals surface area contributed by atoms with Crippen LogP contribution in [0, 0.1) is 0 Å². The average molecular weight is 354 g/mol. The van der Waals surface area contributed by atoms with E-state index in [1.54, 1.807) is 0 Å². The first kappa shape index (κ1) is 20.2. The number of nitrogens with one attached hydrogen (secondary N) is 1. The molecule has 0 bridgehead atoms. The Balaban J connectivity index is 1.36. The molecule has 3 nitrogen and oxygen atoms in total. The highest BCUT2D eigenvalue weighted by Crippen LogP contribution is 2.10. The van der Waals surface area contributed by atoms with Gasteiger partial charge in [0.2, 0.25) is 5.91 Å². The number of hydrogen-bond acceptors (Lipinski definition) is 1. The van der Waals surface area contributed by atoms with Crippen LogP contribution in [-0.2, 0) is 17.9 Å². The molecule has 1 N–H and O–H groups in total. The first-order valence-electron chi connectivity index (χ1n) is 10.1. The van der Waals surface area contributed by atoms with Gasteiger partial charge in [-0.05, 0) is 18.4 Å². The molecule has 0 atom stereocenters. The summed E-state index contributed by atoms with van der Waals surface area (Å²) in [6, 6.07) is 16.3. The molecule has 140 valence electrons. The largest absolute Gasteiger partial charge is 0.352 e. The first-order valence-corrected chi connectivity index (χ1v) is 10.1. The Bertz CT molecular complexity index is 598. The highest BCUT2D eigenvalue weighted by Gasteiger charge is 2.01. The SMILES string of the molecule is O=C(CCCCCCCCCC[n+]1ccccc1)NCc1ccccc1. The van der Waals surface area contributed by atoms with E-state index in [-0.39, 0.29) is 5.91 Å². The lowest BCUT2D eigenvalue weighted by Gasteiger charge is -2.05. The Labute approximate surface area is 158 Å². The average Bonchev–Trinajstić information content (AvgIpc) is 2.69.